The standard InChI is InChI=1S/C15H13BrF2O2/c1-8-5-11(13(18)7-12(8)17)15(19)10-4-3-9(16)6-14(10)20-2/h3-7,15,19H,1-2H3. The topological polar surface area (TPSA) is 29.5 Å². The third-order valence-electron chi connectivity index (χ3n) is 3.06. The Morgan fingerprint density at radius 2 is 1.80 bits per heavy atom. The Labute approximate surface area is 124 Å². The van der Waals surface area contributed by atoms with Gasteiger partial charge in [0.25, 0.3) is 0 Å². The largest absolute Gasteiger partial charge is 0.496 e. The van der Waals surface area contributed by atoms with Gasteiger partial charge in [0, 0.05) is 21.7 Å². The van der Waals surface area contributed by atoms with Gasteiger partial charge in [-0.15, -0.1) is 0 Å². The van der Waals surface area contributed by atoms with Gasteiger partial charge in [0.05, 0.1) is 7.11 Å². The Morgan fingerprint density at radius 3 is 2.45 bits per heavy atom. The molecular formula is C15H13BrF2O2. The summed E-state index contributed by atoms with van der Waals surface area (Å²) in [6, 6.07) is 7.10. The van der Waals surface area contributed by atoms with Crippen molar-refractivity contribution < 1.29 is 18.6 Å². The zero-order chi connectivity index (χ0) is 14.9. The molecule has 0 heterocycles. The van der Waals surface area contributed by atoms with Crippen LogP contribution in [-0.4, -0.2) is 12.2 Å². The molecule has 1 N–H and O–H groups in total. The molecule has 2 aromatic rings. The number of aliphatic hydroxyl groups excluding tert-OH is 1. The van der Waals surface area contributed by atoms with E-state index in [2.05, 4.69) is 15.9 Å². The van der Waals surface area contributed by atoms with Crippen molar-refractivity contribution in [1.82, 2.24) is 0 Å². The van der Waals surface area contributed by atoms with Gasteiger partial charge < -0.3 is 9.84 Å². The first-order valence-corrected chi connectivity index (χ1v) is 6.70. The van der Waals surface area contributed by atoms with Crippen molar-refractivity contribution in [1.29, 1.82) is 0 Å². The third-order valence-corrected chi connectivity index (χ3v) is 3.56. The lowest BCUT2D eigenvalue weighted by molar-refractivity contribution is 0.209. The van der Waals surface area contributed by atoms with Crippen molar-refractivity contribution in [3.05, 3.63) is 63.1 Å². The number of methoxy groups -OCH3 is 1. The summed E-state index contributed by atoms with van der Waals surface area (Å²) in [5.41, 5.74) is 0.710. The molecular weight excluding hydrogens is 330 g/mol. The molecule has 0 saturated carbocycles. The number of ether oxygens (including phenoxy) is 1. The van der Waals surface area contributed by atoms with Gasteiger partial charge >= 0.3 is 0 Å². The van der Waals surface area contributed by atoms with Crippen LogP contribution in [0.4, 0.5) is 8.78 Å². The highest BCUT2D eigenvalue weighted by Crippen LogP contribution is 2.33. The number of halogens is 3. The molecule has 2 nitrogen and oxygen atoms in total. The second-order valence-corrected chi connectivity index (χ2v) is 5.33. The van der Waals surface area contributed by atoms with Crippen molar-refractivity contribution in [3.8, 4) is 5.75 Å². The summed E-state index contributed by atoms with van der Waals surface area (Å²) in [7, 11) is 1.46. The summed E-state index contributed by atoms with van der Waals surface area (Å²) in [4.78, 5) is 0. The van der Waals surface area contributed by atoms with Crippen LogP contribution in [0.15, 0.2) is 34.8 Å². The Balaban J connectivity index is 2.51. The number of aryl methyl sites for hydroxylation is 1. The summed E-state index contributed by atoms with van der Waals surface area (Å²) < 4.78 is 33.1. The van der Waals surface area contributed by atoms with E-state index in [1.807, 2.05) is 0 Å². The monoisotopic (exact) mass is 342 g/mol. The summed E-state index contributed by atoms with van der Waals surface area (Å²) in [6.07, 6.45) is -1.22. The van der Waals surface area contributed by atoms with Crippen LogP contribution in [0.2, 0.25) is 0 Å². The smallest absolute Gasteiger partial charge is 0.132 e. The van der Waals surface area contributed by atoms with Crippen molar-refractivity contribution in [2.24, 2.45) is 0 Å². The molecule has 0 amide bonds. The average Bonchev–Trinajstić information content (AvgIpc) is 2.42. The van der Waals surface area contributed by atoms with Crippen LogP contribution >= 0.6 is 15.9 Å². The van der Waals surface area contributed by atoms with Gasteiger partial charge in [-0.1, -0.05) is 22.0 Å². The Kier molecular flexibility index (Phi) is 4.40. The highest BCUT2D eigenvalue weighted by atomic mass is 79.9. The summed E-state index contributed by atoms with van der Waals surface area (Å²) >= 11 is 3.29. The molecule has 0 saturated heterocycles. The van der Waals surface area contributed by atoms with E-state index < -0.39 is 17.7 Å². The highest BCUT2D eigenvalue weighted by Gasteiger charge is 2.20. The lowest BCUT2D eigenvalue weighted by Crippen LogP contribution is -2.06. The molecule has 106 valence electrons. The predicted molar refractivity (Wildman–Crippen MR) is 75.9 cm³/mol. The first-order valence-electron chi connectivity index (χ1n) is 5.91. The molecule has 2 aromatic carbocycles. The van der Waals surface area contributed by atoms with E-state index in [0.717, 1.165) is 10.5 Å². The van der Waals surface area contributed by atoms with Gasteiger partial charge in [0.1, 0.15) is 23.5 Å². The van der Waals surface area contributed by atoms with Crippen LogP contribution in [0.1, 0.15) is 22.8 Å². The van der Waals surface area contributed by atoms with Gasteiger partial charge in [-0.3, -0.25) is 0 Å². The molecule has 20 heavy (non-hydrogen) atoms. The summed E-state index contributed by atoms with van der Waals surface area (Å²) in [6.45, 7) is 1.52. The first kappa shape index (κ1) is 14.9. The molecule has 2 rings (SSSR count). The fourth-order valence-electron chi connectivity index (χ4n) is 1.97. The molecule has 0 aromatic heterocycles. The van der Waals surface area contributed by atoms with E-state index in [1.165, 1.54) is 20.1 Å². The number of hydrogen-bond acceptors (Lipinski definition) is 2. The van der Waals surface area contributed by atoms with E-state index in [-0.39, 0.29) is 11.1 Å². The fraction of sp³-hybridized carbons (Fsp3) is 0.200. The lowest BCUT2D eigenvalue weighted by atomic mass is 9.98. The molecule has 5 heteroatoms. The van der Waals surface area contributed by atoms with Crippen molar-refractivity contribution in [2.45, 2.75) is 13.0 Å². The summed E-state index contributed by atoms with van der Waals surface area (Å²) in [5, 5.41) is 10.3. The van der Waals surface area contributed by atoms with E-state index in [9.17, 15) is 13.9 Å². The Hall–Kier alpha value is -1.46. The number of aliphatic hydroxyl groups is 1. The molecule has 1 atom stereocenters. The van der Waals surface area contributed by atoms with Crippen LogP contribution in [0.5, 0.6) is 5.75 Å². The predicted octanol–water partition coefficient (Wildman–Crippen LogP) is 4.13. The highest BCUT2D eigenvalue weighted by molar-refractivity contribution is 9.10. The molecule has 0 aliphatic rings. The zero-order valence-electron chi connectivity index (χ0n) is 11.0. The Bertz CT molecular complexity index is 644. The number of benzene rings is 2. The maximum atomic E-state index is 13.8. The molecule has 0 bridgehead atoms. The van der Waals surface area contributed by atoms with Crippen molar-refractivity contribution in [3.63, 3.8) is 0 Å². The van der Waals surface area contributed by atoms with Crippen LogP contribution in [0.3, 0.4) is 0 Å². The van der Waals surface area contributed by atoms with Gasteiger partial charge in [0.15, 0.2) is 0 Å². The molecule has 0 aliphatic heterocycles. The lowest BCUT2D eigenvalue weighted by Gasteiger charge is -2.17. The Morgan fingerprint density at radius 1 is 1.10 bits per heavy atom. The van der Waals surface area contributed by atoms with Gasteiger partial charge in [-0.05, 0) is 30.7 Å². The normalized spacial score (nSPS) is 12.3. The van der Waals surface area contributed by atoms with Gasteiger partial charge in [0.2, 0.25) is 0 Å². The molecule has 0 aliphatic carbocycles. The molecule has 0 radical (unpaired) electrons. The quantitative estimate of drug-likeness (QED) is 0.908. The van der Waals surface area contributed by atoms with E-state index in [0.29, 0.717) is 11.3 Å². The second kappa shape index (κ2) is 5.89. The number of rotatable bonds is 3. The minimum absolute atomic E-state index is 0.0181. The fourth-order valence-corrected chi connectivity index (χ4v) is 2.31. The average molecular weight is 343 g/mol. The molecule has 0 spiro atoms. The maximum Gasteiger partial charge on any atom is 0.132 e. The SMILES string of the molecule is COc1cc(Br)ccc1C(O)c1cc(C)c(F)cc1F. The van der Waals surface area contributed by atoms with Crippen LogP contribution < -0.4 is 4.74 Å². The van der Waals surface area contributed by atoms with E-state index >= 15 is 0 Å². The van der Waals surface area contributed by atoms with Crippen LogP contribution in [-0.2, 0) is 0 Å². The van der Waals surface area contributed by atoms with Crippen LogP contribution in [0, 0.1) is 18.6 Å². The van der Waals surface area contributed by atoms with Gasteiger partial charge in [-0.2, -0.15) is 0 Å². The minimum atomic E-state index is -1.22. The second-order valence-electron chi connectivity index (χ2n) is 4.41. The maximum absolute atomic E-state index is 13.8. The first-order chi connectivity index (χ1) is 9.43. The molecule has 0 fully saturated rings. The minimum Gasteiger partial charge on any atom is -0.496 e. The van der Waals surface area contributed by atoms with Crippen LogP contribution in [0.25, 0.3) is 0 Å². The van der Waals surface area contributed by atoms with Crippen molar-refractivity contribution in [2.75, 3.05) is 7.11 Å². The van der Waals surface area contributed by atoms with Crippen molar-refractivity contribution >= 4 is 15.9 Å². The van der Waals surface area contributed by atoms with Gasteiger partial charge in [-0.25, -0.2) is 8.78 Å². The third kappa shape index (κ3) is 2.83. The zero-order valence-corrected chi connectivity index (χ0v) is 12.5. The van der Waals surface area contributed by atoms with E-state index in [1.54, 1.807) is 18.2 Å². The van der Waals surface area contributed by atoms with E-state index in [4.69, 9.17) is 4.74 Å². The number of hydrogen-bond donors (Lipinski definition) is 1. The molecule has 1 unspecified atom stereocenters. The summed E-state index contributed by atoms with van der Waals surface area (Å²) in [5.74, 6) is -1.000.